The molecule has 1 aromatic heterocycles. The maximum absolute atomic E-state index is 4.52. The molecule has 1 saturated heterocycles. The highest BCUT2D eigenvalue weighted by Gasteiger charge is 2.24. The first kappa shape index (κ1) is 15.8. The highest BCUT2D eigenvalue weighted by Crippen LogP contribution is 2.37. The van der Waals surface area contributed by atoms with Crippen LogP contribution in [0.2, 0.25) is 0 Å². The van der Waals surface area contributed by atoms with Crippen molar-refractivity contribution in [2.75, 3.05) is 13.1 Å². The molecule has 1 aliphatic heterocycles. The summed E-state index contributed by atoms with van der Waals surface area (Å²) in [4.78, 5) is 7.09. The van der Waals surface area contributed by atoms with Crippen molar-refractivity contribution in [3.8, 4) is 11.1 Å². The molecule has 26 heavy (non-hydrogen) atoms. The Kier molecular flexibility index (Phi) is 3.86. The summed E-state index contributed by atoms with van der Waals surface area (Å²) in [6.45, 7) is 5.26. The predicted octanol–water partition coefficient (Wildman–Crippen LogP) is 4.06. The van der Waals surface area contributed by atoms with E-state index in [0.29, 0.717) is 5.92 Å². The summed E-state index contributed by atoms with van der Waals surface area (Å²) >= 11 is 0. The number of aromatic amines is 1. The smallest absolute Gasteiger partial charge is 0.153 e. The van der Waals surface area contributed by atoms with Gasteiger partial charge in [0.15, 0.2) is 5.82 Å². The number of aryl methyl sites for hydroxylation is 1. The Balaban J connectivity index is 1.25. The minimum atomic E-state index is 0.505. The number of aromatic nitrogens is 3. The number of fused-ring (bicyclic) bond motifs is 3. The van der Waals surface area contributed by atoms with Gasteiger partial charge in [-0.15, -0.1) is 0 Å². The van der Waals surface area contributed by atoms with Gasteiger partial charge in [0.1, 0.15) is 5.82 Å². The third kappa shape index (κ3) is 2.84. The maximum atomic E-state index is 4.52. The van der Waals surface area contributed by atoms with Crippen molar-refractivity contribution in [1.29, 1.82) is 0 Å². The van der Waals surface area contributed by atoms with E-state index in [1.54, 1.807) is 0 Å². The largest absolute Gasteiger partial charge is 0.299 e. The van der Waals surface area contributed by atoms with E-state index in [0.717, 1.165) is 50.5 Å². The van der Waals surface area contributed by atoms with E-state index in [1.807, 2.05) is 6.92 Å². The summed E-state index contributed by atoms with van der Waals surface area (Å²) in [5.41, 5.74) is 7.21. The lowest BCUT2D eigenvalue weighted by molar-refractivity contribution is 0.202. The van der Waals surface area contributed by atoms with Crippen LogP contribution in [0, 0.1) is 6.92 Å². The molecule has 3 aromatic rings. The van der Waals surface area contributed by atoms with Crippen molar-refractivity contribution in [1.82, 2.24) is 20.1 Å². The lowest BCUT2D eigenvalue weighted by Gasteiger charge is -2.30. The molecule has 0 amide bonds. The van der Waals surface area contributed by atoms with Gasteiger partial charge in [0.05, 0.1) is 0 Å². The first-order valence-corrected chi connectivity index (χ1v) is 9.57. The van der Waals surface area contributed by atoms with Gasteiger partial charge in [-0.2, -0.15) is 5.10 Å². The van der Waals surface area contributed by atoms with Crippen LogP contribution in [0.3, 0.4) is 0 Å². The van der Waals surface area contributed by atoms with Gasteiger partial charge in [0, 0.05) is 12.5 Å². The monoisotopic (exact) mass is 344 g/mol. The molecule has 1 fully saturated rings. The number of piperidine rings is 1. The fourth-order valence-corrected chi connectivity index (χ4v) is 4.45. The van der Waals surface area contributed by atoms with Crippen molar-refractivity contribution >= 4 is 0 Å². The summed E-state index contributed by atoms with van der Waals surface area (Å²) in [5, 5.41) is 7.33. The number of likely N-dealkylation sites (tertiary alicyclic amines) is 1. The van der Waals surface area contributed by atoms with Crippen LogP contribution >= 0.6 is 0 Å². The number of benzene rings is 2. The number of H-pyrrole nitrogens is 1. The number of nitrogens with zero attached hydrogens (tertiary/aromatic N) is 3. The summed E-state index contributed by atoms with van der Waals surface area (Å²) < 4.78 is 0. The minimum Gasteiger partial charge on any atom is -0.299 e. The second-order valence-electron chi connectivity index (χ2n) is 7.65. The molecule has 0 atom stereocenters. The molecule has 132 valence electrons. The summed E-state index contributed by atoms with van der Waals surface area (Å²) in [6, 6.07) is 15.8. The van der Waals surface area contributed by atoms with Crippen LogP contribution in [0.15, 0.2) is 42.5 Å². The van der Waals surface area contributed by atoms with E-state index in [2.05, 4.69) is 62.5 Å². The third-order valence-electron chi connectivity index (χ3n) is 5.83. The lowest BCUT2D eigenvalue weighted by atomic mass is 9.95. The van der Waals surface area contributed by atoms with Crippen LogP contribution in [0.4, 0.5) is 0 Å². The van der Waals surface area contributed by atoms with Gasteiger partial charge in [-0.25, -0.2) is 4.98 Å². The molecule has 2 aromatic carbocycles. The Bertz CT molecular complexity index is 935. The van der Waals surface area contributed by atoms with E-state index >= 15 is 0 Å². The third-order valence-corrected chi connectivity index (χ3v) is 5.83. The maximum Gasteiger partial charge on any atom is 0.153 e. The lowest BCUT2D eigenvalue weighted by Crippen LogP contribution is -2.32. The van der Waals surface area contributed by atoms with Gasteiger partial charge < -0.3 is 0 Å². The Morgan fingerprint density at radius 2 is 1.85 bits per heavy atom. The molecule has 1 aliphatic carbocycles. The molecule has 4 nitrogen and oxygen atoms in total. The molecule has 5 rings (SSSR count). The minimum absolute atomic E-state index is 0.505. The molecular formula is C22H24N4. The van der Waals surface area contributed by atoms with Gasteiger partial charge >= 0.3 is 0 Å². The normalized spacial score (nSPS) is 17.3. The number of nitrogens with one attached hydrogen (secondary N) is 1. The van der Waals surface area contributed by atoms with Crippen molar-refractivity contribution in [2.45, 2.75) is 38.6 Å². The van der Waals surface area contributed by atoms with Crippen LogP contribution in [0.25, 0.3) is 11.1 Å². The van der Waals surface area contributed by atoms with Crippen LogP contribution in [0.5, 0.6) is 0 Å². The Hall–Kier alpha value is -2.46. The average molecular weight is 344 g/mol. The van der Waals surface area contributed by atoms with Gasteiger partial charge in [-0.1, -0.05) is 42.5 Å². The second-order valence-corrected chi connectivity index (χ2v) is 7.65. The SMILES string of the molecule is Cc1nc(C2CCN(Cc3ccc4c(c3)Cc3ccccc3-4)CC2)n[nH]1. The Labute approximate surface area is 154 Å². The molecule has 0 spiro atoms. The molecule has 2 aliphatic rings. The quantitative estimate of drug-likeness (QED) is 0.609. The van der Waals surface area contributed by atoms with E-state index in [-0.39, 0.29) is 0 Å². The van der Waals surface area contributed by atoms with Crippen molar-refractivity contribution < 1.29 is 0 Å². The first-order valence-electron chi connectivity index (χ1n) is 9.57. The summed E-state index contributed by atoms with van der Waals surface area (Å²) in [5.74, 6) is 2.42. The molecule has 0 saturated carbocycles. The number of hydrogen-bond acceptors (Lipinski definition) is 3. The zero-order valence-electron chi connectivity index (χ0n) is 15.2. The van der Waals surface area contributed by atoms with E-state index in [1.165, 1.54) is 27.8 Å². The zero-order chi connectivity index (χ0) is 17.5. The molecule has 2 heterocycles. The number of hydrogen-bond donors (Lipinski definition) is 1. The Morgan fingerprint density at radius 3 is 2.65 bits per heavy atom. The van der Waals surface area contributed by atoms with Gasteiger partial charge in [0.2, 0.25) is 0 Å². The van der Waals surface area contributed by atoms with E-state index in [4.69, 9.17) is 0 Å². The van der Waals surface area contributed by atoms with E-state index < -0.39 is 0 Å². The van der Waals surface area contributed by atoms with Crippen molar-refractivity contribution in [3.05, 3.63) is 70.8 Å². The van der Waals surface area contributed by atoms with Crippen LogP contribution in [-0.2, 0) is 13.0 Å². The standard InChI is InChI=1S/C22H24N4/c1-15-23-22(25-24-15)17-8-10-26(11-9-17)14-16-6-7-21-19(12-16)13-18-4-2-3-5-20(18)21/h2-7,12,17H,8-11,13-14H2,1H3,(H,23,24,25). The summed E-state index contributed by atoms with van der Waals surface area (Å²) in [6.07, 6.45) is 3.37. The van der Waals surface area contributed by atoms with Gasteiger partial charge in [-0.3, -0.25) is 10.00 Å². The van der Waals surface area contributed by atoms with Crippen LogP contribution in [0.1, 0.15) is 47.1 Å². The molecule has 0 radical (unpaired) electrons. The topological polar surface area (TPSA) is 44.8 Å². The van der Waals surface area contributed by atoms with Gasteiger partial charge in [-0.05, 0) is 67.1 Å². The first-order chi connectivity index (χ1) is 12.8. The fraction of sp³-hybridized carbons (Fsp3) is 0.364. The van der Waals surface area contributed by atoms with Gasteiger partial charge in [0.25, 0.3) is 0 Å². The predicted molar refractivity (Wildman–Crippen MR) is 103 cm³/mol. The van der Waals surface area contributed by atoms with Crippen LogP contribution < -0.4 is 0 Å². The number of rotatable bonds is 3. The van der Waals surface area contributed by atoms with Crippen LogP contribution in [-0.4, -0.2) is 33.2 Å². The average Bonchev–Trinajstić information content (AvgIpc) is 3.25. The molecular weight excluding hydrogens is 320 g/mol. The fourth-order valence-electron chi connectivity index (χ4n) is 4.45. The summed E-state index contributed by atoms with van der Waals surface area (Å²) in [7, 11) is 0. The molecule has 4 heteroatoms. The van der Waals surface area contributed by atoms with Crippen molar-refractivity contribution in [3.63, 3.8) is 0 Å². The molecule has 1 N–H and O–H groups in total. The second kappa shape index (κ2) is 6.36. The van der Waals surface area contributed by atoms with E-state index in [9.17, 15) is 0 Å². The zero-order valence-corrected chi connectivity index (χ0v) is 15.2. The highest BCUT2D eigenvalue weighted by molar-refractivity contribution is 5.76. The molecule has 0 bridgehead atoms. The Morgan fingerprint density at radius 1 is 1.04 bits per heavy atom. The van der Waals surface area contributed by atoms with Crippen molar-refractivity contribution in [2.24, 2.45) is 0 Å². The highest BCUT2D eigenvalue weighted by atomic mass is 15.2. The molecule has 0 unspecified atom stereocenters.